The molecule has 0 aliphatic heterocycles. The third kappa shape index (κ3) is 21.5. The Morgan fingerprint density at radius 1 is 0.756 bits per heavy atom. The first-order chi connectivity index (χ1) is 21.8. The van der Waals surface area contributed by atoms with Gasteiger partial charge in [0.1, 0.15) is 18.4 Å². The second-order valence-electron chi connectivity index (χ2n) is 10.5. The van der Waals surface area contributed by atoms with E-state index in [0.29, 0.717) is 52.1 Å². The predicted octanol–water partition coefficient (Wildman–Crippen LogP) is -0.941. The van der Waals surface area contributed by atoms with Gasteiger partial charge in [0, 0.05) is 32.4 Å². The summed E-state index contributed by atoms with van der Waals surface area (Å²) in [6.07, 6.45) is 1.03. The summed E-state index contributed by atoms with van der Waals surface area (Å²) in [6, 6.07) is 9.21. The fraction of sp³-hybridized carbons (Fsp3) is 0.700. The highest BCUT2D eigenvalue weighted by atomic mass is 16.6. The van der Waals surface area contributed by atoms with Crippen LogP contribution < -0.4 is 38.5 Å². The van der Waals surface area contributed by atoms with Crippen LogP contribution in [0.4, 0.5) is 4.79 Å². The first-order valence-corrected chi connectivity index (χ1v) is 15.6. The lowest BCUT2D eigenvalue weighted by Gasteiger charge is -2.34. The van der Waals surface area contributed by atoms with Gasteiger partial charge < -0.3 is 57.2 Å². The number of nitrogens with one attached hydrogen (secondary N) is 4. The highest BCUT2D eigenvalue weighted by Crippen LogP contribution is 2.12. The molecule has 15 nitrogen and oxygen atoms in total. The molecule has 258 valence electrons. The zero-order valence-corrected chi connectivity index (χ0v) is 26.4. The molecule has 1 atom stereocenters. The van der Waals surface area contributed by atoms with Crippen LogP contribution in [0.1, 0.15) is 44.1 Å². The lowest BCUT2D eigenvalue weighted by atomic mass is 10.0. The summed E-state index contributed by atoms with van der Waals surface area (Å²) in [5, 5.41) is 21.5. The van der Waals surface area contributed by atoms with E-state index in [2.05, 4.69) is 21.3 Å². The quantitative estimate of drug-likeness (QED) is 0.0409. The summed E-state index contributed by atoms with van der Waals surface area (Å²) in [6.45, 7) is 3.10. The normalized spacial score (nSPS) is 12.0. The SMILES string of the molecule is NCCCNC(=O)CCOCC(COCCC(=O)NCCCN)(COCCC(O)NCCCN)NC(=O)OCc1ccccc1. The van der Waals surface area contributed by atoms with Crippen molar-refractivity contribution in [1.82, 2.24) is 21.3 Å². The molecule has 15 heteroatoms. The third-order valence-electron chi connectivity index (χ3n) is 6.36. The van der Waals surface area contributed by atoms with Crippen molar-refractivity contribution in [2.45, 2.75) is 56.9 Å². The number of aliphatic hydroxyl groups excluding tert-OH is 1. The number of ether oxygens (including phenoxy) is 4. The van der Waals surface area contributed by atoms with Crippen LogP contribution in [0.5, 0.6) is 0 Å². The van der Waals surface area contributed by atoms with E-state index in [4.69, 9.17) is 36.1 Å². The van der Waals surface area contributed by atoms with Crippen molar-refractivity contribution in [3.63, 3.8) is 0 Å². The standard InChI is InChI=1S/C30H55N7O8/c31-12-4-15-34-26(38)9-18-42-22-30(23-43-19-10-27(39)35-16-5-13-32,24-44-20-11-28(40)36-17-6-14-33)37-29(41)45-21-25-7-2-1-3-8-25/h1-3,7-8,26,34,38H,4-6,9-24,31-33H2,(H,35,39)(H,36,40)(H,37,41). The average Bonchev–Trinajstić information content (AvgIpc) is 3.03. The Kier molecular flexibility index (Phi) is 23.5. The molecule has 0 heterocycles. The van der Waals surface area contributed by atoms with E-state index in [9.17, 15) is 19.5 Å². The maximum atomic E-state index is 13.0. The number of hydrogen-bond acceptors (Lipinski definition) is 12. The van der Waals surface area contributed by atoms with Crippen molar-refractivity contribution in [2.75, 3.05) is 78.9 Å². The van der Waals surface area contributed by atoms with Crippen LogP contribution >= 0.6 is 0 Å². The highest BCUT2D eigenvalue weighted by Gasteiger charge is 2.35. The largest absolute Gasteiger partial charge is 0.445 e. The molecule has 0 saturated heterocycles. The summed E-state index contributed by atoms with van der Waals surface area (Å²) in [4.78, 5) is 37.2. The number of rotatable bonds is 28. The van der Waals surface area contributed by atoms with Gasteiger partial charge in [-0.3, -0.25) is 14.9 Å². The Bertz CT molecular complexity index is 884. The fourth-order valence-corrected chi connectivity index (χ4v) is 3.85. The zero-order valence-electron chi connectivity index (χ0n) is 26.4. The monoisotopic (exact) mass is 641 g/mol. The van der Waals surface area contributed by atoms with E-state index in [1.54, 1.807) is 0 Å². The number of amides is 3. The summed E-state index contributed by atoms with van der Waals surface area (Å²) >= 11 is 0. The smallest absolute Gasteiger partial charge is 0.408 e. The Hall–Kier alpha value is -2.89. The van der Waals surface area contributed by atoms with Crippen LogP contribution in [0, 0.1) is 0 Å². The maximum Gasteiger partial charge on any atom is 0.408 e. The van der Waals surface area contributed by atoms with Gasteiger partial charge >= 0.3 is 6.09 Å². The van der Waals surface area contributed by atoms with Gasteiger partial charge in [-0.1, -0.05) is 30.3 Å². The summed E-state index contributed by atoms with van der Waals surface area (Å²) in [7, 11) is 0. The van der Waals surface area contributed by atoms with Crippen molar-refractivity contribution in [2.24, 2.45) is 17.2 Å². The van der Waals surface area contributed by atoms with Gasteiger partial charge in [0.25, 0.3) is 0 Å². The van der Waals surface area contributed by atoms with E-state index >= 15 is 0 Å². The minimum absolute atomic E-state index is 0.0396. The number of hydrogen-bond donors (Lipinski definition) is 8. The van der Waals surface area contributed by atoms with Gasteiger partial charge in [0.15, 0.2) is 0 Å². The van der Waals surface area contributed by atoms with E-state index in [1.165, 1.54) is 0 Å². The van der Waals surface area contributed by atoms with Gasteiger partial charge in [-0.05, 0) is 51.0 Å². The van der Waals surface area contributed by atoms with Crippen LogP contribution in [-0.2, 0) is 35.1 Å². The Labute approximate surface area is 266 Å². The molecule has 0 aliphatic rings. The van der Waals surface area contributed by atoms with Crippen molar-refractivity contribution in [3.05, 3.63) is 35.9 Å². The first-order valence-electron chi connectivity index (χ1n) is 15.6. The minimum Gasteiger partial charge on any atom is -0.445 e. The Morgan fingerprint density at radius 2 is 1.27 bits per heavy atom. The number of nitrogens with two attached hydrogens (primary N) is 3. The van der Waals surface area contributed by atoms with Gasteiger partial charge in [0.05, 0.1) is 39.6 Å². The van der Waals surface area contributed by atoms with Gasteiger partial charge in [0.2, 0.25) is 11.8 Å². The minimum atomic E-state index is -1.24. The van der Waals surface area contributed by atoms with Crippen molar-refractivity contribution in [3.8, 4) is 0 Å². The van der Waals surface area contributed by atoms with E-state index < -0.39 is 17.9 Å². The molecule has 0 aliphatic carbocycles. The summed E-state index contributed by atoms with van der Waals surface area (Å²) < 4.78 is 23.0. The van der Waals surface area contributed by atoms with Gasteiger partial charge in [-0.25, -0.2) is 4.79 Å². The summed E-state index contributed by atoms with van der Waals surface area (Å²) in [5.74, 6) is -0.373. The van der Waals surface area contributed by atoms with Crippen LogP contribution in [-0.4, -0.2) is 114 Å². The van der Waals surface area contributed by atoms with Crippen LogP contribution in [0.2, 0.25) is 0 Å². The first kappa shape index (κ1) is 40.1. The maximum absolute atomic E-state index is 13.0. The Morgan fingerprint density at radius 3 is 1.80 bits per heavy atom. The van der Waals surface area contributed by atoms with Crippen LogP contribution in [0.15, 0.2) is 30.3 Å². The Balaban J connectivity index is 2.89. The number of carbonyl (C=O) groups is 3. The molecule has 3 amide bonds. The molecule has 45 heavy (non-hydrogen) atoms. The molecular weight excluding hydrogens is 586 g/mol. The number of carbonyl (C=O) groups excluding carboxylic acids is 3. The molecule has 0 saturated carbocycles. The lowest BCUT2D eigenvalue weighted by molar-refractivity contribution is -0.122. The van der Waals surface area contributed by atoms with Crippen molar-refractivity contribution < 1.29 is 38.4 Å². The molecule has 0 radical (unpaired) electrons. The number of alkyl carbamates (subject to hydrolysis) is 1. The molecule has 1 aromatic rings. The molecule has 1 aromatic carbocycles. The number of benzene rings is 1. The van der Waals surface area contributed by atoms with E-state index in [-0.39, 0.29) is 77.3 Å². The molecule has 1 unspecified atom stereocenters. The van der Waals surface area contributed by atoms with E-state index in [1.807, 2.05) is 30.3 Å². The molecule has 1 rings (SSSR count). The number of aliphatic hydroxyl groups is 1. The molecule has 0 aromatic heterocycles. The van der Waals surface area contributed by atoms with E-state index in [0.717, 1.165) is 12.0 Å². The molecular formula is C30H55N7O8. The summed E-state index contributed by atoms with van der Waals surface area (Å²) in [5.41, 5.74) is 16.0. The molecule has 0 fully saturated rings. The van der Waals surface area contributed by atoms with Crippen molar-refractivity contribution >= 4 is 17.9 Å². The fourth-order valence-electron chi connectivity index (χ4n) is 3.85. The van der Waals surface area contributed by atoms with Gasteiger partial charge in [-0.15, -0.1) is 0 Å². The highest BCUT2D eigenvalue weighted by molar-refractivity contribution is 5.76. The topological polar surface area (TPSA) is 235 Å². The van der Waals surface area contributed by atoms with Crippen LogP contribution in [0.25, 0.3) is 0 Å². The second kappa shape index (κ2) is 26.3. The average molecular weight is 642 g/mol. The zero-order chi connectivity index (χ0) is 33.0. The van der Waals surface area contributed by atoms with Crippen molar-refractivity contribution in [1.29, 1.82) is 0 Å². The van der Waals surface area contributed by atoms with Gasteiger partial charge in [-0.2, -0.15) is 0 Å². The molecule has 11 N–H and O–H groups in total. The lowest BCUT2D eigenvalue weighted by Crippen LogP contribution is -2.59. The molecule has 0 spiro atoms. The predicted molar refractivity (Wildman–Crippen MR) is 170 cm³/mol. The second-order valence-corrected chi connectivity index (χ2v) is 10.5. The third-order valence-corrected chi connectivity index (χ3v) is 6.36. The van der Waals surface area contributed by atoms with Crippen LogP contribution in [0.3, 0.4) is 0 Å². The molecule has 0 bridgehead atoms.